The van der Waals surface area contributed by atoms with Crippen LogP contribution in [-0.2, 0) is 13.1 Å². The summed E-state index contributed by atoms with van der Waals surface area (Å²) >= 11 is 0. The Morgan fingerprint density at radius 3 is 2.76 bits per heavy atom. The molecule has 0 aliphatic rings. The van der Waals surface area contributed by atoms with Crippen molar-refractivity contribution in [3.63, 3.8) is 0 Å². The lowest BCUT2D eigenvalue weighted by atomic mass is 10.2. The summed E-state index contributed by atoms with van der Waals surface area (Å²) in [5, 5.41) is 7.31. The number of hydrogen-bond donors (Lipinski definition) is 1. The molecule has 4 heteroatoms. The van der Waals surface area contributed by atoms with Crippen molar-refractivity contribution in [1.29, 1.82) is 0 Å². The lowest BCUT2D eigenvalue weighted by Gasteiger charge is -2.24. The molecule has 0 aromatic carbocycles. The Morgan fingerprint density at radius 2 is 2.18 bits per heavy atom. The first-order valence-electron chi connectivity index (χ1n) is 6.56. The quantitative estimate of drug-likeness (QED) is 0.756. The van der Waals surface area contributed by atoms with E-state index < -0.39 is 0 Å². The summed E-state index contributed by atoms with van der Waals surface area (Å²) < 4.78 is 5.36. The molecule has 0 aliphatic carbocycles. The summed E-state index contributed by atoms with van der Waals surface area (Å²) in [4.78, 5) is 2.40. The molecule has 0 atom stereocenters. The minimum Gasteiger partial charge on any atom is -0.360 e. The fourth-order valence-corrected chi connectivity index (χ4v) is 1.77. The maximum absolute atomic E-state index is 5.36. The van der Waals surface area contributed by atoms with E-state index in [9.17, 15) is 0 Å². The minimum absolute atomic E-state index is 0.539. The molecule has 0 radical (unpaired) electrons. The predicted molar refractivity (Wildman–Crippen MR) is 69.7 cm³/mol. The van der Waals surface area contributed by atoms with Gasteiger partial charge in [0.25, 0.3) is 0 Å². The van der Waals surface area contributed by atoms with Gasteiger partial charge in [0.05, 0.1) is 12.2 Å². The fourth-order valence-electron chi connectivity index (χ4n) is 1.77. The second kappa shape index (κ2) is 7.45. The molecule has 0 saturated carbocycles. The summed E-state index contributed by atoms with van der Waals surface area (Å²) in [7, 11) is 0. The molecule has 0 amide bonds. The van der Waals surface area contributed by atoms with Crippen LogP contribution < -0.4 is 5.32 Å². The van der Waals surface area contributed by atoms with Crippen LogP contribution in [0.4, 0.5) is 0 Å². The molecular weight excluding hydrogens is 214 g/mol. The molecule has 0 saturated heterocycles. The highest BCUT2D eigenvalue weighted by Crippen LogP contribution is 2.10. The maximum Gasteiger partial charge on any atom is 0.151 e. The minimum atomic E-state index is 0.539. The molecule has 1 rings (SSSR count). The van der Waals surface area contributed by atoms with Crippen LogP contribution in [0.2, 0.25) is 0 Å². The third-order valence-corrected chi connectivity index (χ3v) is 2.76. The summed E-state index contributed by atoms with van der Waals surface area (Å²) in [6, 6.07) is 2.59. The number of nitrogens with zero attached hydrogens (tertiary/aromatic N) is 2. The lowest BCUT2D eigenvalue weighted by molar-refractivity contribution is 0.188. The van der Waals surface area contributed by atoms with Crippen LogP contribution in [0.25, 0.3) is 0 Å². The molecule has 0 fully saturated rings. The van der Waals surface area contributed by atoms with Crippen LogP contribution in [0.5, 0.6) is 0 Å². The van der Waals surface area contributed by atoms with Gasteiger partial charge < -0.3 is 9.84 Å². The molecule has 1 N–H and O–H groups in total. The second-order valence-corrected chi connectivity index (χ2v) is 4.63. The fraction of sp³-hybridized carbons (Fsp3) is 0.769. The van der Waals surface area contributed by atoms with Gasteiger partial charge in [0.2, 0.25) is 0 Å². The van der Waals surface area contributed by atoms with Gasteiger partial charge in [-0.05, 0) is 33.4 Å². The van der Waals surface area contributed by atoms with Crippen molar-refractivity contribution >= 4 is 0 Å². The first kappa shape index (κ1) is 14.2. The average Bonchev–Trinajstić information content (AvgIpc) is 2.73. The molecule has 1 aromatic heterocycles. The van der Waals surface area contributed by atoms with Crippen LogP contribution in [0.3, 0.4) is 0 Å². The number of hydrogen-bond acceptors (Lipinski definition) is 4. The second-order valence-electron chi connectivity index (χ2n) is 4.63. The van der Waals surface area contributed by atoms with Gasteiger partial charge in [-0.2, -0.15) is 0 Å². The summed E-state index contributed by atoms with van der Waals surface area (Å²) in [5.41, 5.74) is 0.988. The monoisotopic (exact) mass is 239 g/mol. The van der Waals surface area contributed by atoms with Crippen molar-refractivity contribution in [3.05, 3.63) is 17.5 Å². The van der Waals surface area contributed by atoms with Crippen molar-refractivity contribution in [2.45, 2.75) is 53.2 Å². The zero-order valence-corrected chi connectivity index (χ0v) is 11.5. The zero-order chi connectivity index (χ0) is 12.7. The molecule has 0 unspecified atom stereocenters. The van der Waals surface area contributed by atoms with E-state index in [1.807, 2.05) is 6.07 Å². The molecule has 17 heavy (non-hydrogen) atoms. The Labute approximate surface area is 104 Å². The van der Waals surface area contributed by atoms with Crippen molar-refractivity contribution in [1.82, 2.24) is 15.4 Å². The van der Waals surface area contributed by atoms with Crippen molar-refractivity contribution in [3.8, 4) is 0 Å². The average molecular weight is 239 g/mol. The van der Waals surface area contributed by atoms with Gasteiger partial charge in [0.1, 0.15) is 0 Å². The highest BCUT2D eigenvalue weighted by Gasteiger charge is 2.12. The normalized spacial score (nSPS) is 11.6. The van der Waals surface area contributed by atoms with Crippen molar-refractivity contribution < 1.29 is 4.52 Å². The zero-order valence-electron chi connectivity index (χ0n) is 11.5. The first-order chi connectivity index (χ1) is 8.17. The van der Waals surface area contributed by atoms with Gasteiger partial charge in [-0.15, -0.1) is 0 Å². The third kappa shape index (κ3) is 4.88. The Bertz CT molecular complexity index is 309. The summed E-state index contributed by atoms with van der Waals surface area (Å²) in [6.07, 6.45) is 1.16. The van der Waals surface area contributed by atoms with Crippen LogP contribution in [0, 0.1) is 0 Å². The van der Waals surface area contributed by atoms with Gasteiger partial charge in [-0.1, -0.05) is 19.0 Å². The van der Waals surface area contributed by atoms with E-state index >= 15 is 0 Å². The van der Waals surface area contributed by atoms with Crippen LogP contribution in [0.15, 0.2) is 10.6 Å². The molecular formula is C13H25N3O. The molecule has 98 valence electrons. The molecule has 0 spiro atoms. The smallest absolute Gasteiger partial charge is 0.151 e. The Morgan fingerprint density at radius 1 is 1.41 bits per heavy atom. The van der Waals surface area contributed by atoms with E-state index in [0.29, 0.717) is 6.04 Å². The predicted octanol–water partition coefficient (Wildman–Crippen LogP) is 2.40. The van der Waals surface area contributed by atoms with Gasteiger partial charge in [-0.3, -0.25) is 4.90 Å². The first-order valence-corrected chi connectivity index (χ1v) is 6.56. The topological polar surface area (TPSA) is 41.3 Å². The van der Waals surface area contributed by atoms with E-state index in [0.717, 1.165) is 44.1 Å². The summed E-state index contributed by atoms with van der Waals surface area (Å²) in [6.45, 7) is 12.4. The van der Waals surface area contributed by atoms with Gasteiger partial charge >= 0.3 is 0 Å². The molecule has 1 aromatic rings. The molecule has 1 heterocycles. The van der Waals surface area contributed by atoms with Crippen LogP contribution in [0.1, 0.15) is 45.6 Å². The van der Waals surface area contributed by atoms with E-state index in [4.69, 9.17) is 4.52 Å². The van der Waals surface area contributed by atoms with E-state index in [1.165, 1.54) is 0 Å². The van der Waals surface area contributed by atoms with Gasteiger partial charge in [0.15, 0.2) is 5.76 Å². The molecule has 4 nitrogen and oxygen atoms in total. The van der Waals surface area contributed by atoms with E-state index in [-0.39, 0.29) is 0 Å². The highest BCUT2D eigenvalue weighted by molar-refractivity contribution is 5.05. The number of aromatic nitrogens is 1. The van der Waals surface area contributed by atoms with E-state index in [2.05, 4.69) is 43.1 Å². The SMILES string of the molecule is CCCN(Cc1cc(CNCC)no1)C(C)C. The highest BCUT2D eigenvalue weighted by atomic mass is 16.5. The van der Waals surface area contributed by atoms with Gasteiger partial charge in [-0.25, -0.2) is 0 Å². The van der Waals surface area contributed by atoms with Crippen molar-refractivity contribution in [2.24, 2.45) is 0 Å². The molecule has 0 bridgehead atoms. The lowest BCUT2D eigenvalue weighted by Crippen LogP contribution is -2.30. The number of nitrogens with one attached hydrogen (secondary N) is 1. The van der Waals surface area contributed by atoms with Crippen molar-refractivity contribution in [2.75, 3.05) is 13.1 Å². The Balaban J connectivity index is 2.51. The van der Waals surface area contributed by atoms with E-state index in [1.54, 1.807) is 0 Å². The Hall–Kier alpha value is -0.870. The number of rotatable bonds is 8. The van der Waals surface area contributed by atoms with Gasteiger partial charge in [0, 0.05) is 18.7 Å². The van der Waals surface area contributed by atoms with Crippen LogP contribution in [-0.4, -0.2) is 29.2 Å². The largest absolute Gasteiger partial charge is 0.360 e. The Kier molecular flexibility index (Phi) is 6.22. The van der Waals surface area contributed by atoms with Crippen LogP contribution >= 0.6 is 0 Å². The standard InChI is InChI=1S/C13H25N3O/c1-5-7-16(11(3)4)10-13-8-12(15-17-13)9-14-6-2/h8,11,14H,5-7,9-10H2,1-4H3. The third-order valence-electron chi connectivity index (χ3n) is 2.76. The summed E-state index contributed by atoms with van der Waals surface area (Å²) in [5.74, 6) is 0.958. The molecule has 0 aliphatic heterocycles. The maximum atomic E-state index is 5.36.